The molecule has 1 saturated heterocycles. The van der Waals surface area contributed by atoms with Gasteiger partial charge in [-0.25, -0.2) is 0 Å². The topological polar surface area (TPSA) is 78.4 Å². The summed E-state index contributed by atoms with van der Waals surface area (Å²) in [7, 11) is 0. The van der Waals surface area contributed by atoms with Crippen LogP contribution in [0.3, 0.4) is 0 Å². The molecule has 1 aliphatic rings. The normalized spacial score (nSPS) is 24.6. The van der Waals surface area contributed by atoms with Crippen LogP contribution in [0.1, 0.15) is 46.5 Å². The Balaban J connectivity index is 2.51. The first-order valence-electron chi connectivity index (χ1n) is 6.61. The fourth-order valence-electron chi connectivity index (χ4n) is 2.41. The van der Waals surface area contributed by atoms with Gasteiger partial charge < -0.3 is 15.7 Å². The molecule has 3 N–H and O–H groups in total. The van der Waals surface area contributed by atoms with E-state index >= 15 is 0 Å². The van der Waals surface area contributed by atoms with Gasteiger partial charge in [-0.2, -0.15) is 0 Å². The lowest BCUT2D eigenvalue weighted by Crippen LogP contribution is -2.54. The van der Waals surface area contributed by atoms with E-state index in [9.17, 15) is 9.59 Å². The van der Waals surface area contributed by atoms with Crippen molar-refractivity contribution in [3.05, 3.63) is 0 Å². The summed E-state index contributed by atoms with van der Waals surface area (Å²) in [4.78, 5) is 22.8. The number of hydrogen-bond acceptors (Lipinski definition) is 3. The molecule has 1 heterocycles. The third kappa shape index (κ3) is 4.64. The van der Waals surface area contributed by atoms with Crippen molar-refractivity contribution in [2.45, 2.75) is 58.0 Å². The van der Waals surface area contributed by atoms with Crippen molar-refractivity contribution in [2.24, 2.45) is 5.92 Å². The lowest BCUT2D eigenvalue weighted by molar-refractivity contribution is -0.138. The molecule has 1 rings (SSSR count). The van der Waals surface area contributed by atoms with Crippen molar-refractivity contribution in [3.63, 3.8) is 0 Å². The van der Waals surface area contributed by atoms with Gasteiger partial charge in [0.2, 0.25) is 5.91 Å². The summed E-state index contributed by atoms with van der Waals surface area (Å²) in [6.45, 7) is 6.47. The molecular formula is C13H24N2O3. The number of carboxylic acid groups (broad SMARTS) is 1. The van der Waals surface area contributed by atoms with Crippen LogP contribution in [0, 0.1) is 5.92 Å². The molecule has 0 bridgehead atoms. The number of carbonyl (C=O) groups excluding carboxylic acids is 1. The standard InChI is InChI=1S/C13H24N2O3/c1-4-9-5-6-14-10(7-9)12(18)15-13(2,3)8-11(16)17/h9-10,14H,4-8H2,1-3H3,(H,15,18)(H,16,17). The van der Waals surface area contributed by atoms with Gasteiger partial charge in [0.05, 0.1) is 12.5 Å². The van der Waals surface area contributed by atoms with Crippen LogP contribution in [0.4, 0.5) is 0 Å². The molecule has 18 heavy (non-hydrogen) atoms. The lowest BCUT2D eigenvalue weighted by Gasteiger charge is -2.32. The zero-order valence-electron chi connectivity index (χ0n) is 11.5. The molecule has 1 aliphatic heterocycles. The number of amides is 1. The highest BCUT2D eigenvalue weighted by atomic mass is 16.4. The number of piperidine rings is 1. The van der Waals surface area contributed by atoms with Crippen molar-refractivity contribution in [1.29, 1.82) is 0 Å². The smallest absolute Gasteiger partial charge is 0.305 e. The van der Waals surface area contributed by atoms with E-state index in [1.165, 1.54) is 0 Å². The van der Waals surface area contributed by atoms with E-state index in [0.29, 0.717) is 5.92 Å². The van der Waals surface area contributed by atoms with Gasteiger partial charge in [0.15, 0.2) is 0 Å². The number of aliphatic carboxylic acids is 1. The van der Waals surface area contributed by atoms with E-state index < -0.39 is 11.5 Å². The van der Waals surface area contributed by atoms with E-state index in [1.54, 1.807) is 13.8 Å². The van der Waals surface area contributed by atoms with Crippen molar-refractivity contribution >= 4 is 11.9 Å². The zero-order chi connectivity index (χ0) is 13.8. The van der Waals surface area contributed by atoms with Crippen LogP contribution in [0.5, 0.6) is 0 Å². The van der Waals surface area contributed by atoms with Crippen LogP contribution in [0.15, 0.2) is 0 Å². The van der Waals surface area contributed by atoms with Crippen LogP contribution in [-0.4, -0.2) is 35.1 Å². The van der Waals surface area contributed by atoms with Gasteiger partial charge in [0, 0.05) is 5.54 Å². The monoisotopic (exact) mass is 256 g/mol. The van der Waals surface area contributed by atoms with E-state index in [2.05, 4.69) is 17.6 Å². The summed E-state index contributed by atoms with van der Waals surface area (Å²) in [5.74, 6) is -0.396. The minimum atomic E-state index is -0.900. The summed E-state index contributed by atoms with van der Waals surface area (Å²) < 4.78 is 0. The second-order valence-electron chi connectivity index (χ2n) is 5.75. The average Bonchev–Trinajstić information content (AvgIpc) is 2.26. The summed E-state index contributed by atoms with van der Waals surface area (Å²) in [6, 6.07) is -0.184. The number of hydrogen-bond donors (Lipinski definition) is 3. The average molecular weight is 256 g/mol. The summed E-state index contributed by atoms with van der Waals surface area (Å²) >= 11 is 0. The first-order chi connectivity index (χ1) is 8.34. The van der Waals surface area contributed by atoms with Gasteiger partial charge >= 0.3 is 5.97 Å². The summed E-state index contributed by atoms with van der Waals surface area (Å²) in [6.07, 6.45) is 2.97. The molecule has 5 heteroatoms. The maximum Gasteiger partial charge on any atom is 0.305 e. The first-order valence-corrected chi connectivity index (χ1v) is 6.61. The Morgan fingerprint density at radius 2 is 2.11 bits per heavy atom. The molecule has 0 aliphatic carbocycles. The third-order valence-electron chi connectivity index (χ3n) is 3.46. The van der Waals surface area contributed by atoms with Gasteiger partial charge in [-0.05, 0) is 39.2 Å². The van der Waals surface area contributed by atoms with Crippen LogP contribution in [0.25, 0.3) is 0 Å². The highest BCUT2D eigenvalue weighted by Gasteiger charge is 2.30. The second kappa shape index (κ2) is 6.18. The molecule has 0 saturated carbocycles. The van der Waals surface area contributed by atoms with Gasteiger partial charge in [-0.1, -0.05) is 13.3 Å². The molecule has 0 spiro atoms. The number of nitrogens with one attached hydrogen (secondary N) is 2. The minimum Gasteiger partial charge on any atom is -0.481 e. The van der Waals surface area contributed by atoms with Gasteiger partial charge in [-0.3, -0.25) is 9.59 Å². The highest BCUT2D eigenvalue weighted by molar-refractivity contribution is 5.83. The third-order valence-corrected chi connectivity index (χ3v) is 3.46. The Hall–Kier alpha value is -1.10. The van der Waals surface area contributed by atoms with Crippen molar-refractivity contribution in [2.75, 3.05) is 6.54 Å². The van der Waals surface area contributed by atoms with Crippen LogP contribution in [-0.2, 0) is 9.59 Å². The van der Waals surface area contributed by atoms with Crippen LogP contribution in [0.2, 0.25) is 0 Å². The Morgan fingerprint density at radius 1 is 1.44 bits per heavy atom. The van der Waals surface area contributed by atoms with E-state index in [0.717, 1.165) is 25.8 Å². The van der Waals surface area contributed by atoms with Crippen LogP contribution < -0.4 is 10.6 Å². The van der Waals surface area contributed by atoms with Crippen molar-refractivity contribution in [1.82, 2.24) is 10.6 Å². The predicted molar refractivity (Wildman–Crippen MR) is 69.3 cm³/mol. The SMILES string of the molecule is CCC1CCNC(C(=O)NC(C)(C)CC(=O)O)C1. The molecule has 5 nitrogen and oxygen atoms in total. The lowest BCUT2D eigenvalue weighted by atomic mass is 9.89. The second-order valence-corrected chi connectivity index (χ2v) is 5.75. The first kappa shape index (κ1) is 15.0. The number of carboxylic acids is 1. The molecule has 2 atom stereocenters. The molecule has 0 radical (unpaired) electrons. The number of carbonyl (C=O) groups is 2. The maximum absolute atomic E-state index is 12.1. The quantitative estimate of drug-likeness (QED) is 0.689. The zero-order valence-corrected chi connectivity index (χ0v) is 11.5. The largest absolute Gasteiger partial charge is 0.481 e. The fraction of sp³-hybridized carbons (Fsp3) is 0.846. The Bertz CT molecular complexity index is 315. The molecule has 0 aromatic heterocycles. The highest BCUT2D eigenvalue weighted by Crippen LogP contribution is 2.20. The van der Waals surface area contributed by atoms with Gasteiger partial charge in [0.1, 0.15) is 0 Å². The Morgan fingerprint density at radius 3 is 2.67 bits per heavy atom. The molecule has 0 aromatic rings. The molecule has 0 aromatic carbocycles. The minimum absolute atomic E-state index is 0.0668. The Kier molecular flexibility index (Phi) is 5.14. The molecule has 104 valence electrons. The summed E-state index contributed by atoms with van der Waals surface area (Å²) in [5, 5.41) is 14.8. The van der Waals surface area contributed by atoms with Gasteiger partial charge in [0.25, 0.3) is 0 Å². The molecular weight excluding hydrogens is 232 g/mol. The summed E-state index contributed by atoms with van der Waals surface area (Å²) in [5.41, 5.74) is -0.705. The van der Waals surface area contributed by atoms with Crippen molar-refractivity contribution < 1.29 is 14.7 Å². The van der Waals surface area contributed by atoms with E-state index in [-0.39, 0.29) is 18.4 Å². The van der Waals surface area contributed by atoms with Crippen molar-refractivity contribution in [3.8, 4) is 0 Å². The van der Waals surface area contributed by atoms with Gasteiger partial charge in [-0.15, -0.1) is 0 Å². The molecule has 1 fully saturated rings. The van der Waals surface area contributed by atoms with E-state index in [4.69, 9.17) is 5.11 Å². The Labute approximate surface area is 108 Å². The molecule has 1 amide bonds. The number of rotatable bonds is 5. The maximum atomic E-state index is 12.1. The predicted octanol–water partition coefficient (Wildman–Crippen LogP) is 1.13. The molecule has 2 unspecified atom stereocenters. The fourth-order valence-corrected chi connectivity index (χ4v) is 2.41. The van der Waals surface area contributed by atoms with Crippen LogP contribution >= 0.6 is 0 Å². The van der Waals surface area contributed by atoms with E-state index in [1.807, 2.05) is 0 Å².